The second kappa shape index (κ2) is 6.09. The van der Waals surface area contributed by atoms with Crippen LogP contribution in [0.15, 0.2) is 27.6 Å². The lowest BCUT2D eigenvalue weighted by Crippen LogP contribution is -2.39. The summed E-state index contributed by atoms with van der Waals surface area (Å²) >= 11 is 3.02. The lowest BCUT2D eigenvalue weighted by molar-refractivity contribution is 0.271. The Morgan fingerprint density at radius 3 is 2.75 bits per heavy atom. The minimum atomic E-state index is -3.64. The summed E-state index contributed by atoms with van der Waals surface area (Å²) < 4.78 is 39.9. The molecule has 20 heavy (non-hydrogen) atoms. The van der Waals surface area contributed by atoms with E-state index in [1.165, 1.54) is 16.4 Å². The van der Waals surface area contributed by atoms with Crippen LogP contribution < -0.4 is 0 Å². The van der Waals surface area contributed by atoms with Gasteiger partial charge >= 0.3 is 0 Å². The molecule has 1 unspecified atom stereocenters. The lowest BCUT2D eigenvalue weighted by Gasteiger charge is -2.25. The highest BCUT2D eigenvalue weighted by molar-refractivity contribution is 9.10. The van der Waals surface area contributed by atoms with Gasteiger partial charge in [-0.2, -0.15) is 4.31 Å². The zero-order chi connectivity index (χ0) is 14.9. The van der Waals surface area contributed by atoms with E-state index < -0.39 is 15.8 Å². The van der Waals surface area contributed by atoms with E-state index in [-0.39, 0.29) is 15.4 Å². The molecule has 0 saturated carbocycles. The van der Waals surface area contributed by atoms with Crippen LogP contribution >= 0.6 is 15.9 Å². The maximum atomic E-state index is 13.5. The average molecular weight is 365 g/mol. The second-order valence-corrected chi connectivity index (χ2v) is 8.04. The molecule has 1 atom stereocenters. The van der Waals surface area contributed by atoms with Crippen LogP contribution in [0, 0.1) is 5.82 Å². The summed E-state index contributed by atoms with van der Waals surface area (Å²) in [4.78, 5) is 2.15. The van der Waals surface area contributed by atoms with Crippen LogP contribution in [0.2, 0.25) is 0 Å². The Balaban J connectivity index is 2.18. The van der Waals surface area contributed by atoms with Gasteiger partial charge in [-0.05, 0) is 60.6 Å². The number of hydrogen-bond donors (Lipinski definition) is 0. The van der Waals surface area contributed by atoms with Gasteiger partial charge in [0.1, 0.15) is 5.82 Å². The monoisotopic (exact) mass is 364 g/mol. The van der Waals surface area contributed by atoms with E-state index in [0.29, 0.717) is 6.54 Å². The van der Waals surface area contributed by atoms with Gasteiger partial charge in [0.15, 0.2) is 0 Å². The fraction of sp³-hybridized carbons (Fsp3) is 0.538. The number of rotatable bonds is 4. The van der Waals surface area contributed by atoms with Crippen LogP contribution in [0.25, 0.3) is 0 Å². The van der Waals surface area contributed by atoms with Crippen molar-refractivity contribution in [2.24, 2.45) is 0 Å². The van der Waals surface area contributed by atoms with Crippen LogP contribution in [0.4, 0.5) is 4.39 Å². The minimum Gasteiger partial charge on any atom is -0.302 e. The van der Waals surface area contributed by atoms with Gasteiger partial charge in [-0.3, -0.25) is 0 Å². The molecule has 7 heteroatoms. The fourth-order valence-corrected chi connectivity index (χ4v) is 3.89. The van der Waals surface area contributed by atoms with E-state index in [1.54, 1.807) is 7.05 Å². The lowest BCUT2D eigenvalue weighted by atomic mass is 10.2. The van der Waals surface area contributed by atoms with Crippen LogP contribution in [0.5, 0.6) is 0 Å². The molecule has 2 rings (SSSR count). The molecule has 0 spiro atoms. The number of nitrogens with zero attached hydrogens (tertiary/aromatic N) is 2. The van der Waals surface area contributed by atoms with Gasteiger partial charge in [0, 0.05) is 19.6 Å². The van der Waals surface area contributed by atoms with E-state index in [4.69, 9.17) is 0 Å². The van der Waals surface area contributed by atoms with Crippen LogP contribution in [0.3, 0.4) is 0 Å². The van der Waals surface area contributed by atoms with Crippen molar-refractivity contribution in [1.82, 2.24) is 9.21 Å². The topological polar surface area (TPSA) is 40.6 Å². The SMILES string of the molecule is CN1CCCC1CN(C)S(=O)(=O)c1ccc(Br)c(F)c1. The number of benzene rings is 1. The maximum absolute atomic E-state index is 13.5. The minimum absolute atomic E-state index is 0.0126. The van der Waals surface area contributed by atoms with Gasteiger partial charge in [0.25, 0.3) is 0 Å². The molecule has 4 nitrogen and oxygen atoms in total. The van der Waals surface area contributed by atoms with E-state index >= 15 is 0 Å². The summed E-state index contributed by atoms with van der Waals surface area (Å²) in [7, 11) is -0.103. The van der Waals surface area contributed by atoms with Gasteiger partial charge < -0.3 is 4.90 Å². The second-order valence-electron chi connectivity index (χ2n) is 5.14. The Hall–Kier alpha value is -0.500. The van der Waals surface area contributed by atoms with Gasteiger partial charge in [-0.25, -0.2) is 12.8 Å². The quantitative estimate of drug-likeness (QED) is 0.822. The number of hydrogen-bond acceptors (Lipinski definition) is 3. The van der Waals surface area contributed by atoms with Crippen molar-refractivity contribution in [1.29, 1.82) is 0 Å². The van der Waals surface area contributed by atoms with Gasteiger partial charge in [0.2, 0.25) is 10.0 Å². The molecule has 112 valence electrons. The first-order chi connectivity index (χ1) is 9.32. The summed E-state index contributed by atoms with van der Waals surface area (Å²) in [6, 6.07) is 4.11. The highest BCUT2D eigenvalue weighted by atomic mass is 79.9. The molecule has 1 heterocycles. The smallest absolute Gasteiger partial charge is 0.242 e. The van der Waals surface area contributed by atoms with Gasteiger partial charge in [-0.15, -0.1) is 0 Å². The highest BCUT2D eigenvalue weighted by Gasteiger charge is 2.28. The van der Waals surface area contributed by atoms with Crippen molar-refractivity contribution >= 4 is 26.0 Å². The third-order valence-corrected chi connectivity index (χ3v) is 6.20. The Morgan fingerprint density at radius 2 is 2.20 bits per heavy atom. The van der Waals surface area contributed by atoms with Crippen molar-refractivity contribution in [3.05, 3.63) is 28.5 Å². The van der Waals surface area contributed by atoms with Crippen molar-refractivity contribution in [2.75, 3.05) is 27.2 Å². The molecule has 0 bridgehead atoms. The molecule has 1 aliphatic rings. The average Bonchev–Trinajstić information content (AvgIpc) is 2.78. The van der Waals surface area contributed by atoms with E-state index in [9.17, 15) is 12.8 Å². The molecule has 0 radical (unpaired) electrons. The van der Waals surface area contributed by atoms with Gasteiger partial charge in [-0.1, -0.05) is 0 Å². The Kier molecular flexibility index (Phi) is 4.84. The van der Waals surface area contributed by atoms with Crippen molar-refractivity contribution in [3.63, 3.8) is 0 Å². The molecule has 1 aromatic carbocycles. The van der Waals surface area contributed by atoms with Crippen molar-refractivity contribution in [3.8, 4) is 0 Å². The standard InChI is InChI=1S/C13H18BrFN2O2S/c1-16-7-3-4-10(16)9-17(2)20(18,19)11-5-6-12(14)13(15)8-11/h5-6,8,10H,3-4,7,9H2,1-2H3. The summed E-state index contributed by atoms with van der Waals surface area (Å²) in [5.74, 6) is -0.572. The molecular formula is C13H18BrFN2O2S. The maximum Gasteiger partial charge on any atom is 0.242 e. The Bertz CT molecular complexity index is 594. The number of sulfonamides is 1. The molecule has 0 aliphatic carbocycles. The fourth-order valence-electron chi connectivity index (χ4n) is 2.42. The van der Waals surface area contributed by atoms with E-state index in [2.05, 4.69) is 20.8 Å². The summed E-state index contributed by atoms with van der Waals surface area (Å²) in [5.41, 5.74) is 0. The highest BCUT2D eigenvalue weighted by Crippen LogP contribution is 2.23. The molecule has 1 aromatic rings. The van der Waals surface area contributed by atoms with E-state index in [1.807, 2.05) is 7.05 Å². The third-order valence-electron chi connectivity index (χ3n) is 3.74. The molecule has 1 aliphatic heterocycles. The predicted molar refractivity (Wildman–Crippen MR) is 79.6 cm³/mol. The van der Waals surface area contributed by atoms with E-state index in [0.717, 1.165) is 25.5 Å². The molecule has 0 N–H and O–H groups in total. The number of likely N-dealkylation sites (tertiary alicyclic amines) is 1. The van der Waals surface area contributed by atoms with Crippen LogP contribution in [-0.2, 0) is 10.0 Å². The predicted octanol–water partition coefficient (Wildman–Crippen LogP) is 2.30. The first kappa shape index (κ1) is 15.9. The molecule has 1 saturated heterocycles. The van der Waals surface area contributed by atoms with Crippen LogP contribution in [-0.4, -0.2) is 50.8 Å². The number of likely N-dealkylation sites (N-methyl/N-ethyl adjacent to an activating group) is 2. The number of halogens is 2. The zero-order valence-corrected chi connectivity index (χ0v) is 13.9. The first-order valence-electron chi connectivity index (χ1n) is 6.44. The Morgan fingerprint density at radius 1 is 1.50 bits per heavy atom. The summed E-state index contributed by atoms with van der Waals surface area (Å²) in [6.07, 6.45) is 2.08. The third kappa shape index (κ3) is 3.21. The normalized spacial score (nSPS) is 20.8. The summed E-state index contributed by atoms with van der Waals surface area (Å²) in [6.45, 7) is 1.42. The van der Waals surface area contributed by atoms with Gasteiger partial charge in [0.05, 0.1) is 9.37 Å². The van der Waals surface area contributed by atoms with Crippen molar-refractivity contribution in [2.45, 2.75) is 23.8 Å². The molecular weight excluding hydrogens is 347 g/mol. The Labute approximate surface area is 127 Å². The largest absolute Gasteiger partial charge is 0.302 e. The van der Waals surface area contributed by atoms with Crippen LogP contribution in [0.1, 0.15) is 12.8 Å². The van der Waals surface area contributed by atoms with Crippen molar-refractivity contribution < 1.29 is 12.8 Å². The molecule has 1 fully saturated rings. The molecule has 0 aromatic heterocycles. The first-order valence-corrected chi connectivity index (χ1v) is 8.67. The zero-order valence-electron chi connectivity index (χ0n) is 11.5. The molecule has 0 amide bonds. The summed E-state index contributed by atoms with van der Waals surface area (Å²) in [5, 5.41) is 0.